The van der Waals surface area contributed by atoms with E-state index >= 15 is 0 Å². The zero-order valence-electron chi connectivity index (χ0n) is 12.0. The van der Waals surface area contributed by atoms with E-state index in [4.69, 9.17) is 4.74 Å². The van der Waals surface area contributed by atoms with Crippen molar-refractivity contribution in [2.75, 3.05) is 13.7 Å². The van der Waals surface area contributed by atoms with Crippen molar-refractivity contribution in [3.05, 3.63) is 34.1 Å². The highest BCUT2D eigenvalue weighted by atomic mass is 79.9. The zero-order valence-corrected chi connectivity index (χ0v) is 13.6. The molecule has 2 nitrogen and oxygen atoms in total. The molecule has 0 aromatic heterocycles. The Bertz CT molecular complexity index is 421. The highest BCUT2D eigenvalue weighted by Crippen LogP contribution is 2.22. The van der Waals surface area contributed by atoms with Crippen molar-refractivity contribution in [1.29, 1.82) is 0 Å². The van der Waals surface area contributed by atoms with Crippen LogP contribution < -0.4 is 5.32 Å². The summed E-state index contributed by atoms with van der Waals surface area (Å²) in [5.74, 6) is -0.173. The van der Waals surface area contributed by atoms with E-state index in [9.17, 15) is 4.39 Å². The van der Waals surface area contributed by atoms with E-state index in [0.29, 0.717) is 12.1 Å². The summed E-state index contributed by atoms with van der Waals surface area (Å²) >= 11 is 3.50. The van der Waals surface area contributed by atoms with E-state index in [1.807, 2.05) is 7.05 Å². The van der Waals surface area contributed by atoms with Gasteiger partial charge in [-0.3, -0.25) is 0 Å². The quantitative estimate of drug-likeness (QED) is 0.840. The van der Waals surface area contributed by atoms with Crippen molar-refractivity contribution in [2.24, 2.45) is 0 Å². The predicted molar refractivity (Wildman–Crippen MR) is 83.5 cm³/mol. The summed E-state index contributed by atoms with van der Waals surface area (Å²) < 4.78 is 20.1. The van der Waals surface area contributed by atoms with Crippen LogP contribution in [0.1, 0.15) is 37.7 Å². The third-order valence-electron chi connectivity index (χ3n) is 3.99. The number of hydrogen-bond acceptors (Lipinski definition) is 2. The lowest BCUT2D eigenvalue weighted by Crippen LogP contribution is -2.30. The molecule has 2 unspecified atom stereocenters. The minimum atomic E-state index is -0.173. The van der Waals surface area contributed by atoms with E-state index in [1.165, 1.54) is 25.3 Å². The molecule has 1 saturated heterocycles. The van der Waals surface area contributed by atoms with Crippen LogP contribution in [-0.4, -0.2) is 25.8 Å². The molecule has 1 aromatic rings. The minimum Gasteiger partial charge on any atom is -0.378 e. The van der Waals surface area contributed by atoms with Gasteiger partial charge < -0.3 is 10.1 Å². The predicted octanol–water partition coefficient (Wildman–Crippen LogP) is 4.07. The third kappa shape index (κ3) is 4.83. The van der Waals surface area contributed by atoms with Gasteiger partial charge in [0.15, 0.2) is 0 Å². The van der Waals surface area contributed by atoms with Gasteiger partial charge in [-0.1, -0.05) is 15.9 Å². The van der Waals surface area contributed by atoms with Gasteiger partial charge in [0.05, 0.1) is 6.10 Å². The van der Waals surface area contributed by atoms with Crippen molar-refractivity contribution in [1.82, 2.24) is 5.32 Å². The Morgan fingerprint density at radius 3 is 3.00 bits per heavy atom. The Labute approximate surface area is 129 Å². The van der Waals surface area contributed by atoms with Gasteiger partial charge in [-0.15, -0.1) is 0 Å². The summed E-state index contributed by atoms with van der Waals surface area (Å²) in [5, 5.41) is 3.34. The van der Waals surface area contributed by atoms with E-state index in [0.717, 1.165) is 35.9 Å². The number of ether oxygens (including phenoxy) is 1. The lowest BCUT2D eigenvalue weighted by Gasteiger charge is -2.25. The monoisotopic (exact) mass is 343 g/mol. The van der Waals surface area contributed by atoms with Crippen molar-refractivity contribution < 1.29 is 9.13 Å². The Balaban J connectivity index is 1.86. The highest BCUT2D eigenvalue weighted by Gasteiger charge is 2.17. The molecular formula is C16H23BrFNO. The number of nitrogens with one attached hydrogen (secondary N) is 1. The molecule has 1 heterocycles. The van der Waals surface area contributed by atoms with E-state index in [-0.39, 0.29) is 5.82 Å². The number of halogens is 2. The molecular weight excluding hydrogens is 321 g/mol. The summed E-state index contributed by atoms with van der Waals surface area (Å²) in [6.45, 7) is 0.907. The van der Waals surface area contributed by atoms with Gasteiger partial charge in [-0.05, 0) is 69.3 Å². The lowest BCUT2D eigenvalue weighted by atomic mass is 9.97. The molecule has 2 rings (SSSR count). The van der Waals surface area contributed by atoms with Crippen molar-refractivity contribution in [3.63, 3.8) is 0 Å². The van der Waals surface area contributed by atoms with Crippen LogP contribution in [-0.2, 0) is 11.2 Å². The zero-order chi connectivity index (χ0) is 14.4. The number of rotatable bonds is 6. The standard InChI is InChI=1S/C16H23BrFNO/c1-19-14(6-7-15-4-2-3-9-20-15)11-12-10-13(18)5-8-16(12)17/h5,8,10,14-15,19H,2-4,6-7,9,11H2,1H3. The second-order valence-electron chi connectivity index (χ2n) is 5.49. The third-order valence-corrected chi connectivity index (χ3v) is 4.77. The SMILES string of the molecule is CNC(CCC1CCCCO1)Cc1cc(F)ccc1Br. The first-order valence-corrected chi connectivity index (χ1v) is 8.21. The van der Waals surface area contributed by atoms with Crippen LogP contribution in [0.4, 0.5) is 4.39 Å². The molecule has 1 aliphatic heterocycles. The summed E-state index contributed by atoms with van der Waals surface area (Å²) in [6.07, 6.45) is 7.05. The maximum absolute atomic E-state index is 13.3. The van der Waals surface area contributed by atoms with E-state index in [2.05, 4.69) is 21.2 Å². The number of benzene rings is 1. The Kier molecular flexibility index (Phi) is 6.46. The van der Waals surface area contributed by atoms with Crippen LogP contribution in [0.5, 0.6) is 0 Å². The number of likely N-dealkylation sites (N-methyl/N-ethyl adjacent to an activating group) is 1. The summed E-state index contributed by atoms with van der Waals surface area (Å²) in [4.78, 5) is 0. The molecule has 1 aromatic carbocycles. The molecule has 4 heteroatoms. The smallest absolute Gasteiger partial charge is 0.123 e. The second kappa shape index (κ2) is 8.11. The molecule has 1 fully saturated rings. The fourth-order valence-electron chi connectivity index (χ4n) is 2.74. The summed E-state index contributed by atoms with van der Waals surface area (Å²) in [6, 6.07) is 5.24. The largest absolute Gasteiger partial charge is 0.378 e. The van der Waals surface area contributed by atoms with Crippen LogP contribution in [0, 0.1) is 5.82 Å². The molecule has 1 N–H and O–H groups in total. The first-order chi connectivity index (χ1) is 9.69. The van der Waals surface area contributed by atoms with Gasteiger partial charge in [0.1, 0.15) is 5.82 Å². The fourth-order valence-corrected chi connectivity index (χ4v) is 3.14. The second-order valence-corrected chi connectivity index (χ2v) is 6.35. The molecule has 0 bridgehead atoms. The first kappa shape index (κ1) is 15.9. The van der Waals surface area contributed by atoms with Crippen LogP contribution in [0.25, 0.3) is 0 Å². The van der Waals surface area contributed by atoms with Gasteiger partial charge in [-0.25, -0.2) is 4.39 Å². The molecule has 0 saturated carbocycles. The first-order valence-electron chi connectivity index (χ1n) is 7.42. The fraction of sp³-hybridized carbons (Fsp3) is 0.625. The van der Waals surface area contributed by atoms with Crippen LogP contribution >= 0.6 is 15.9 Å². The molecule has 2 atom stereocenters. The van der Waals surface area contributed by atoms with Gasteiger partial charge >= 0.3 is 0 Å². The molecule has 0 radical (unpaired) electrons. The average molecular weight is 344 g/mol. The van der Waals surface area contributed by atoms with Crippen LogP contribution in [0.15, 0.2) is 22.7 Å². The van der Waals surface area contributed by atoms with Gasteiger partial charge in [0.2, 0.25) is 0 Å². The molecule has 0 spiro atoms. The maximum atomic E-state index is 13.3. The Morgan fingerprint density at radius 1 is 1.45 bits per heavy atom. The minimum absolute atomic E-state index is 0.173. The molecule has 1 aliphatic rings. The van der Waals surface area contributed by atoms with Crippen LogP contribution in [0.2, 0.25) is 0 Å². The van der Waals surface area contributed by atoms with Gasteiger partial charge in [-0.2, -0.15) is 0 Å². The Morgan fingerprint density at radius 2 is 2.30 bits per heavy atom. The van der Waals surface area contributed by atoms with Crippen molar-refractivity contribution in [3.8, 4) is 0 Å². The van der Waals surface area contributed by atoms with Gasteiger partial charge in [0, 0.05) is 17.1 Å². The summed E-state index contributed by atoms with van der Waals surface area (Å²) in [7, 11) is 1.97. The van der Waals surface area contributed by atoms with E-state index < -0.39 is 0 Å². The summed E-state index contributed by atoms with van der Waals surface area (Å²) in [5.41, 5.74) is 1.02. The van der Waals surface area contributed by atoms with Crippen molar-refractivity contribution >= 4 is 15.9 Å². The van der Waals surface area contributed by atoms with Crippen LogP contribution in [0.3, 0.4) is 0 Å². The normalized spacial score (nSPS) is 20.9. The lowest BCUT2D eigenvalue weighted by molar-refractivity contribution is 0.00870. The van der Waals surface area contributed by atoms with E-state index in [1.54, 1.807) is 12.1 Å². The Hall–Kier alpha value is -0.450. The highest BCUT2D eigenvalue weighted by molar-refractivity contribution is 9.10. The number of hydrogen-bond donors (Lipinski definition) is 1. The average Bonchev–Trinajstić information content (AvgIpc) is 2.48. The van der Waals surface area contributed by atoms with Gasteiger partial charge in [0.25, 0.3) is 0 Å². The topological polar surface area (TPSA) is 21.3 Å². The molecule has 112 valence electrons. The molecule has 0 amide bonds. The maximum Gasteiger partial charge on any atom is 0.123 e. The molecule has 20 heavy (non-hydrogen) atoms. The van der Waals surface area contributed by atoms with Crippen molar-refractivity contribution in [2.45, 2.75) is 50.7 Å². The molecule has 0 aliphatic carbocycles.